The fourth-order valence-corrected chi connectivity index (χ4v) is 2.39. The molecule has 0 unspecified atom stereocenters. The van der Waals surface area contributed by atoms with Gasteiger partial charge in [-0.05, 0) is 62.1 Å². The summed E-state index contributed by atoms with van der Waals surface area (Å²) >= 11 is 0. The lowest BCUT2D eigenvalue weighted by Gasteiger charge is -2.14. The molecule has 0 fully saturated rings. The smallest absolute Gasteiger partial charge is 0.130 e. The molecule has 3 nitrogen and oxygen atoms in total. The lowest BCUT2D eigenvalue weighted by Crippen LogP contribution is -2.05. The van der Waals surface area contributed by atoms with Crippen molar-refractivity contribution in [3.63, 3.8) is 0 Å². The summed E-state index contributed by atoms with van der Waals surface area (Å²) < 4.78 is 5.97. The first-order valence-electron chi connectivity index (χ1n) is 6.95. The Bertz CT molecular complexity index is 570. The lowest BCUT2D eigenvalue weighted by molar-refractivity contribution is 0.296. The van der Waals surface area contributed by atoms with Crippen molar-refractivity contribution in [3.05, 3.63) is 58.4 Å². The Labute approximate surface area is 120 Å². The molecule has 106 valence electrons. The molecule has 0 spiro atoms. The van der Waals surface area contributed by atoms with Gasteiger partial charge in [0.2, 0.25) is 0 Å². The van der Waals surface area contributed by atoms with Gasteiger partial charge in [-0.15, -0.1) is 0 Å². The Morgan fingerprint density at radius 1 is 1.10 bits per heavy atom. The minimum Gasteiger partial charge on any atom is -0.487 e. The predicted molar refractivity (Wildman–Crippen MR) is 82.0 cm³/mol. The first kappa shape index (κ1) is 14.5. The summed E-state index contributed by atoms with van der Waals surface area (Å²) in [5.41, 5.74) is 11.3. The van der Waals surface area contributed by atoms with E-state index < -0.39 is 0 Å². The van der Waals surface area contributed by atoms with Crippen molar-refractivity contribution in [2.45, 2.75) is 33.8 Å². The van der Waals surface area contributed by atoms with Gasteiger partial charge in [-0.2, -0.15) is 0 Å². The van der Waals surface area contributed by atoms with Crippen LogP contribution >= 0.6 is 0 Å². The van der Waals surface area contributed by atoms with E-state index in [1.165, 1.54) is 5.56 Å². The molecule has 0 aliphatic heterocycles. The zero-order valence-electron chi connectivity index (χ0n) is 12.4. The molecule has 1 aromatic heterocycles. The SMILES string of the molecule is Cc1cccnc1COc1c(C)cc(CCN)cc1C. The van der Waals surface area contributed by atoms with Gasteiger partial charge in [0.15, 0.2) is 0 Å². The average molecular weight is 270 g/mol. The second-order valence-electron chi connectivity index (χ2n) is 5.15. The van der Waals surface area contributed by atoms with Crippen LogP contribution in [0, 0.1) is 20.8 Å². The van der Waals surface area contributed by atoms with Crippen LogP contribution in [0.3, 0.4) is 0 Å². The van der Waals surface area contributed by atoms with E-state index in [0.29, 0.717) is 13.2 Å². The molecule has 0 atom stereocenters. The number of aromatic nitrogens is 1. The van der Waals surface area contributed by atoms with E-state index in [1.54, 1.807) is 6.20 Å². The normalized spacial score (nSPS) is 10.6. The monoisotopic (exact) mass is 270 g/mol. The van der Waals surface area contributed by atoms with E-state index in [-0.39, 0.29) is 0 Å². The number of hydrogen-bond donors (Lipinski definition) is 1. The van der Waals surface area contributed by atoms with Crippen molar-refractivity contribution >= 4 is 0 Å². The van der Waals surface area contributed by atoms with E-state index in [9.17, 15) is 0 Å². The Morgan fingerprint density at radius 2 is 1.80 bits per heavy atom. The summed E-state index contributed by atoms with van der Waals surface area (Å²) in [6.45, 7) is 7.38. The molecule has 0 aliphatic rings. The topological polar surface area (TPSA) is 48.1 Å². The molecule has 0 aliphatic carbocycles. The van der Waals surface area contributed by atoms with Crippen molar-refractivity contribution < 1.29 is 4.74 Å². The fraction of sp³-hybridized carbons (Fsp3) is 0.353. The standard InChI is InChI=1S/C17H22N2O/c1-12-5-4-8-19-16(12)11-20-17-13(2)9-15(6-7-18)10-14(17)3/h4-5,8-10H,6-7,11,18H2,1-3H3. The van der Waals surface area contributed by atoms with Gasteiger partial charge in [0.25, 0.3) is 0 Å². The fourth-order valence-electron chi connectivity index (χ4n) is 2.39. The van der Waals surface area contributed by atoms with Crippen molar-refractivity contribution in [2.75, 3.05) is 6.54 Å². The van der Waals surface area contributed by atoms with Gasteiger partial charge in [0.05, 0.1) is 5.69 Å². The third-order valence-electron chi connectivity index (χ3n) is 3.42. The van der Waals surface area contributed by atoms with Crippen LogP contribution in [0.2, 0.25) is 0 Å². The molecule has 0 amide bonds. The molecule has 0 saturated carbocycles. The van der Waals surface area contributed by atoms with Crippen molar-refractivity contribution in [3.8, 4) is 5.75 Å². The molecular weight excluding hydrogens is 248 g/mol. The number of nitrogens with zero attached hydrogens (tertiary/aromatic N) is 1. The third-order valence-corrected chi connectivity index (χ3v) is 3.42. The summed E-state index contributed by atoms with van der Waals surface area (Å²) in [6.07, 6.45) is 2.71. The highest BCUT2D eigenvalue weighted by Gasteiger charge is 2.08. The Balaban J connectivity index is 2.16. The first-order chi connectivity index (χ1) is 9.61. The number of nitrogens with two attached hydrogens (primary N) is 1. The van der Waals surface area contributed by atoms with Gasteiger partial charge in [-0.1, -0.05) is 18.2 Å². The summed E-state index contributed by atoms with van der Waals surface area (Å²) in [5.74, 6) is 0.954. The minimum absolute atomic E-state index is 0.505. The highest BCUT2D eigenvalue weighted by molar-refractivity contribution is 5.43. The second-order valence-corrected chi connectivity index (χ2v) is 5.15. The molecule has 2 N–H and O–H groups in total. The molecule has 3 heteroatoms. The number of rotatable bonds is 5. The van der Waals surface area contributed by atoms with Gasteiger partial charge < -0.3 is 10.5 Å². The largest absolute Gasteiger partial charge is 0.487 e. The summed E-state index contributed by atoms with van der Waals surface area (Å²) in [4.78, 5) is 4.36. The van der Waals surface area contributed by atoms with Gasteiger partial charge in [-0.3, -0.25) is 4.98 Å². The zero-order valence-corrected chi connectivity index (χ0v) is 12.4. The summed E-state index contributed by atoms with van der Waals surface area (Å²) in [7, 11) is 0. The van der Waals surface area contributed by atoms with Crippen molar-refractivity contribution in [1.29, 1.82) is 0 Å². The zero-order chi connectivity index (χ0) is 14.5. The third kappa shape index (κ3) is 3.36. The predicted octanol–water partition coefficient (Wildman–Crippen LogP) is 3.09. The second kappa shape index (κ2) is 6.53. The molecule has 1 aromatic carbocycles. The minimum atomic E-state index is 0.505. The van der Waals surface area contributed by atoms with Crippen LogP contribution in [-0.4, -0.2) is 11.5 Å². The first-order valence-corrected chi connectivity index (χ1v) is 6.95. The van der Waals surface area contributed by atoms with E-state index in [1.807, 2.05) is 6.07 Å². The van der Waals surface area contributed by atoms with Crippen LogP contribution in [0.1, 0.15) is 27.9 Å². The van der Waals surface area contributed by atoms with Gasteiger partial charge in [0, 0.05) is 6.20 Å². The Kier molecular flexibility index (Phi) is 4.74. The Hall–Kier alpha value is -1.87. The molecule has 2 rings (SSSR count). The number of aryl methyl sites for hydroxylation is 3. The summed E-state index contributed by atoms with van der Waals surface area (Å²) in [6, 6.07) is 8.30. The van der Waals surface area contributed by atoms with Crippen LogP contribution in [0.4, 0.5) is 0 Å². The average Bonchev–Trinajstić information content (AvgIpc) is 2.40. The maximum Gasteiger partial charge on any atom is 0.130 e. The molecule has 0 radical (unpaired) electrons. The van der Waals surface area contributed by atoms with Crippen molar-refractivity contribution in [1.82, 2.24) is 4.98 Å². The number of ether oxygens (including phenoxy) is 1. The molecule has 20 heavy (non-hydrogen) atoms. The molecule has 2 aromatic rings. The van der Waals surface area contributed by atoms with Crippen LogP contribution in [0.15, 0.2) is 30.5 Å². The molecular formula is C17H22N2O. The van der Waals surface area contributed by atoms with E-state index in [2.05, 4.69) is 44.0 Å². The maximum absolute atomic E-state index is 5.97. The van der Waals surface area contributed by atoms with E-state index in [0.717, 1.165) is 34.6 Å². The number of benzene rings is 1. The quantitative estimate of drug-likeness (QED) is 0.908. The van der Waals surface area contributed by atoms with Gasteiger partial charge >= 0.3 is 0 Å². The van der Waals surface area contributed by atoms with Crippen LogP contribution < -0.4 is 10.5 Å². The van der Waals surface area contributed by atoms with Crippen LogP contribution in [-0.2, 0) is 13.0 Å². The van der Waals surface area contributed by atoms with Gasteiger partial charge in [-0.25, -0.2) is 0 Å². The highest BCUT2D eigenvalue weighted by Crippen LogP contribution is 2.26. The number of pyridine rings is 1. The van der Waals surface area contributed by atoms with Crippen LogP contribution in [0.5, 0.6) is 5.75 Å². The van der Waals surface area contributed by atoms with Crippen molar-refractivity contribution in [2.24, 2.45) is 5.73 Å². The maximum atomic E-state index is 5.97. The lowest BCUT2D eigenvalue weighted by atomic mass is 10.0. The molecule has 1 heterocycles. The number of hydrogen-bond acceptors (Lipinski definition) is 3. The summed E-state index contributed by atoms with van der Waals surface area (Å²) in [5, 5.41) is 0. The molecule has 0 saturated heterocycles. The van der Waals surface area contributed by atoms with Gasteiger partial charge in [0.1, 0.15) is 12.4 Å². The van der Waals surface area contributed by atoms with E-state index in [4.69, 9.17) is 10.5 Å². The highest BCUT2D eigenvalue weighted by atomic mass is 16.5. The Morgan fingerprint density at radius 3 is 2.40 bits per heavy atom. The van der Waals surface area contributed by atoms with Crippen LogP contribution in [0.25, 0.3) is 0 Å². The molecule has 0 bridgehead atoms. The van der Waals surface area contributed by atoms with E-state index >= 15 is 0 Å².